The van der Waals surface area contributed by atoms with Crippen LogP contribution in [0.3, 0.4) is 0 Å². The summed E-state index contributed by atoms with van der Waals surface area (Å²) < 4.78 is 10.8. The molecular weight excluding hydrogens is 230 g/mol. The molecule has 96 valence electrons. The molecule has 1 heterocycles. The molecule has 1 aromatic heterocycles. The predicted octanol–water partition coefficient (Wildman–Crippen LogP) is 1.81. The molecule has 5 heteroatoms. The summed E-state index contributed by atoms with van der Waals surface area (Å²) in [6.07, 6.45) is 1.49. The van der Waals surface area contributed by atoms with Gasteiger partial charge < -0.3 is 14.9 Å². The highest BCUT2D eigenvalue weighted by Gasteiger charge is 2.10. The Bertz CT molecular complexity index is 523. The first kappa shape index (κ1) is 12.6. The second-order valence-corrected chi connectivity index (χ2v) is 3.92. The maximum atomic E-state index is 5.54. The second kappa shape index (κ2) is 5.64. The molecule has 0 aliphatic rings. The van der Waals surface area contributed by atoms with Gasteiger partial charge in [0.2, 0.25) is 11.8 Å². The van der Waals surface area contributed by atoms with E-state index in [9.17, 15) is 0 Å². The number of methoxy groups -OCH3 is 1. The Labute approximate surface area is 106 Å². The lowest BCUT2D eigenvalue weighted by atomic mass is 10.1. The SMILES string of the molecule is CCc1cc(-c2nnc(CCN)o2)ccc1OC. The molecule has 18 heavy (non-hydrogen) atoms. The van der Waals surface area contributed by atoms with Crippen molar-refractivity contribution < 1.29 is 9.15 Å². The zero-order chi connectivity index (χ0) is 13.0. The third-order valence-corrected chi connectivity index (χ3v) is 2.73. The average Bonchev–Trinajstić information content (AvgIpc) is 2.87. The fourth-order valence-electron chi connectivity index (χ4n) is 1.78. The molecule has 2 aromatic rings. The van der Waals surface area contributed by atoms with Crippen LogP contribution < -0.4 is 10.5 Å². The molecule has 5 nitrogen and oxygen atoms in total. The Hall–Kier alpha value is -1.88. The summed E-state index contributed by atoms with van der Waals surface area (Å²) in [7, 11) is 1.67. The first-order valence-electron chi connectivity index (χ1n) is 5.98. The van der Waals surface area contributed by atoms with Crippen LogP contribution in [-0.2, 0) is 12.8 Å². The Kier molecular flexibility index (Phi) is 3.94. The Morgan fingerprint density at radius 3 is 2.83 bits per heavy atom. The number of nitrogens with two attached hydrogens (primary N) is 1. The number of hydrogen-bond acceptors (Lipinski definition) is 5. The summed E-state index contributed by atoms with van der Waals surface area (Å²) in [6, 6.07) is 5.84. The van der Waals surface area contributed by atoms with Crippen LogP contribution in [0, 0.1) is 0 Å². The zero-order valence-electron chi connectivity index (χ0n) is 10.6. The minimum absolute atomic E-state index is 0.504. The van der Waals surface area contributed by atoms with E-state index in [1.807, 2.05) is 18.2 Å². The van der Waals surface area contributed by atoms with Crippen molar-refractivity contribution in [2.45, 2.75) is 19.8 Å². The maximum absolute atomic E-state index is 5.54. The molecule has 0 unspecified atom stereocenters. The van der Waals surface area contributed by atoms with Crippen molar-refractivity contribution in [1.82, 2.24) is 10.2 Å². The number of ether oxygens (including phenoxy) is 1. The predicted molar refractivity (Wildman–Crippen MR) is 68.4 cm³/mol. The molecule has 0 fully saturated rings. The highest BCUT2D eigenvalue weighted by Crippen LogP contribution is 2.26. The fraction of sp³-hybridized carbons (Fsp3) is 0.385. The summed E-state index contributed by atoms with van der Waals surface area (Å²) in [5, 5.41) is 7.98. The minimum Gasteiger partial charge on any atom is -0.496 e. The molecule has 2 rings (SSSR count). The molecule has 0 radical (unpaired) electrons. The molecule has 0 atom stereocenters. The monoisotopic (exact) mass is 247 g/mol. The molecule has 0 saturated carbocycles. The second-order valence-electron chi connectivity index (χ2n) is 3.92. The van der Waals surface area contributed by atoms with E-state index in [4.69, 9.17) is 14.9 Å². The van der Waals surface area contributed by atoms with Gasteiger partial charge in [0.25, 0.3) is 0 Å². The molecule has 0 bridgehead atoms. The molecule has 2 N–H and O–H groups in total. The van der Waals surface area contributed by atoms with Crippen LogP contribution in [-0.4, -0.2) is 23.9 Å². The third kappa shape index (κ3) is 2.51. The van der Waals surface area contributed by atoms with Crippen LogP contribution in [0.15, 0.2) is 22.6 Å². The third-order valence-electron chi connectivity index (χ3n) is 2.73. The van der Waals surface area contributed by atoms with Crippen LogP contribution in [0.5, 0.6) is 5.75 Å². The van der Waals surface area contributed by atoms with E-state index in [1.165, 1.54) is 0 Å². The largest absolute Gasteiger partial charge is 0.496 e. The van der Waals surface area contributed by atoms with E-state index < -0.39 is 0 Å². The first-order valence-corrected chi connectivity index (χ1v) is 5.98. The quantitative estimate of drug-likeness (QED) is 0.872. The Balaban J connectivity index is 2.31. The number of aromatic nitrogens is 2. The molecule has 0 amide bonds. The van der Waals surface area contributed by atoms with Crippen LogP contribution in [0.4, 0.5) is 0 Å². The smallest absolute Gasteiger partial charge is 0.247 e. The lowest BCUT2D eigenvalue weighted by Gasteiger charge is -2.07. The van der Waals surface area contributed by atoms with Crippen LogP contribution in [0.1, 0.15) is 18.4 Å². The van der Waals surface area contributed by atoms with Gasteiger partial charge in [-0.15, -0.1) is 10.2 Å². The topological polar surface area (TPSA) is 74.2 Å². The lowest BCUT2D eigenvalue weighted by molar-refractivity contribution is 0.410. The van der Waals surface area contributed by atoms with Crippen molar-refractivity contribution in [3.63, 3.8) is 0 Å². The normalized spacial score (nSPS) is 10.6. The van der Waals surface area contributed by atoms with Gasteiger partial charge in [-0.3, -0.25) is 0 Å². The Morgan fingerprint density at radius 2 is 2.17 bits per heavy atom. The van der Waals surface area contributed by atoms with Gasteiger partial charge in [0.05, 0.1) is 7.11 Å². The number of rotatable bonds is 5. The van der Waals surface area contributed by atoms with Gasteiger partial charge in [-0.25, -0.2) is 0 Å². The van der Waals surface area contributed by atoms with Crippen LogP contribution in [0.2, 0.25) is 0 Å². The van der Waals surface area contributed by atoms with Crippen molar-refractivity contribution in [3.8, 4) is 17.2 Å². The van der Waals surface area contributed by atoms with Gasteiger partial charge in [-0.2, -0.15) is 0 Å². The van der Waals surface area contributed by atoms with Crippen molar-refractivity contribution in [2.24, 2.45) is 5.73 Å². The molecule has 0 aliphatic heterocycles. The summed E-state index contributed by atoms with van der Waals surface area (Å²) in [6.45, 7) is 2.58. The first-order chi connectivity index (χ1) is 8.78. The lowest BCUT2D eigenvalue weighted by Crippen LogP contribution is -2.02. The van der Waals surface area contributed by atoms with E-state index in [-0.39, 0.29) is 0 Å². The summed E-state index contributed by atoms with van der Waals surface area (Å²) >= 11 is 0. The van der Waals surface area contributed by atoms with Gasteiger partial charge in [0, 0.05) is 18.5 Å². The number of nitrogens with zero attached hydrogens (tertiary/aromatic N) is 2. The zero-order valence-corrected chi connectivity index (χ0v) is 10.6. The average molecular weight is 247 g/mol. The van der Waals surface area contributed by atoms with Gasteiger partial charge in [0.15, 0.2) is 0 Å². The minimum atomic E-state index is 0.504. The van der Waals surface area contributed by atoms with Gasteiger partial charge in [0.1, 0.15) is 5.75 Å². The van der Waals surface area contributed by atoms with Crippen molar-refractivity contribution in [2.75, 3.05) is 13.7 Å². The van der Waals surface area contributed by atoms with Crippen molar-refractivity contribution in [1.29, 1.82) is 0 Å². The van der Waals surface area contributed by atoms with E-state index in [0.29, 0.717) is 24.7 Å². The molecule has 0 saturated heterocycles. The van der Waals surface area contributed by atoms with Gasteiger partial charge in [-0.1, -0.05) is 6.92 Å². The highest BCUT2D eigenvalue weighted by atomic mass is 16.5. The molecular formula is C13H17N3O2. The molecule has 0 spiro atoms. The van der Waals surface area contributed by atoms with Crippen molar-refractivity contribution >= 4 is 0 Å². The highest BCUT2D eigenvalue weighted by molar-refractivity contribution is 5.57. The molecule has 0 aliphatic carbocycles. The number of aryl methyl sites for hydroxylation is 1. The van der Waals surface area contributed by atoms with E-state index in [0.717, 1.165) is 23.3 Å². The molecule has 1 aromatic carbocycles. The van der Waals surface area contributed by atoms with Crippen molar-refractivity contribution in [3.05, 3.63) is 29.7 Å². The van der Waals surface area contributed by atoms with E-state index in [1.54, 1.807) is 7.11 Å². The van der Waals surface area contributed by atoms with Crippen LogP contribution in [0.25, 0.3) is 11.5 Å². The van der Waals surface area contributed by atoms with Gasteiger partial charge in [-0.05, 0) is 30.2 Å². The van der Waals surface area contributed by atoms with E-state index in [2.05, 4.69) is 17.1 Å². The fourth-order valence-corrected chi connectivity index (χ4v) is 1.78. The van der Waals surface area contributed by atoms with E-state index >= 15 is 0 Å². The maximum Gasteiger partial charge on any atom is 0.247 e. The van der Waals surface area contributed by atoms with Gasteiger partial charge >= 0.3 is 0 Å². The number of hydrogen-bond donors (Lipinski definition) is 1. The Morgan fingerprint density at radius 1 is 1.33 bits per heavy atom. The summed E-state index contributed by atoms with van der Waals surface area (Å²) in [4.78, 5) is 0. The van der Waals surface area contributed by atoms with Crippen LogP contribution >= 0.6 is 0 Å². The standard InChI is InChI=1S/C13H17N3O2/c1-3-9-8-10(4-5-11(9)17-2)13-16-15-12(18-13)6-7-14/h4-5,8H,3,6-7,14H2,1-2H3. The summed E-state index contributed by atoms with van der Waals surface area (Å²) in [5.41, 5.74) is 7.47. The summed E-state index contributed by atoms with van der Waals surface area (Å²) in [5.74, 6) is 1.97. The number of benzene rings is 1.